The van der Waals surface area contributed by atoms with E-state index in [2.05, 4.69) is 41.3 Å². The first-order chi connectivity index (χ1) is 10.7. The zero-order valence-corrected chi connectivity index (χ0v) is 17.1. The molecule has 0 aliphatic rings. The van der Waals surface area contributed by atoms with Gasteiger partial charge in [0.15, 0.2) is 5.96 Å². The smallest absolute Gasteiger partial charge is 0.191 e. The molecule has 0 spiro atoms. The van der Waals surface area contributed by atoms with Gasteiger partial charge in [-0.15, -0.1) is 24.0 Å². The van der Waals surface area contributed by atoms with Gasteiger partial charge in [0.05, 0.1) is 13.7 Å². The number of hydrogen-bond donors (Lipinski definition) is 2. The topological polar surface area (TPSA) is 48.9 Å². The Bertz CT molecular complexity index is 433. The minimum atomic E-state index is 0. The molecule has 1 aromatic carbocycles. The van der Waals surface area contributed by atoms with Crippen molar-refractivity contribution in [2.75, 3.05) is 39.8 Å². The third kappa shape index (κ3) is 9.00. The molecular weight excluding hydrogens is 403 g/mol. The number of guanidine groups is 1. The minimum Gasteiger partial charge on any atom is -0.497 e. The van der Waals surface area contributed by atoms with Crippen molar-refractivity contribution < 1.29 is 4.74 Å². The zero-order valence-electron chi connectivity index (χ0n) is 14.8. The number of nitrogens with zero attached hydrogens (tertiary/aromatic N) is 2. The average molecular weight is 434 g/mol. The Morgan fingerprint density at radius 2 is 1.74 bits per heavy atom. The summed E-state index contributed by atoms with van der Waals surface area (Å²) in [6, 6.07) is 8.01. The third-order valence-corrected chi connectivity index (χ3v) is 3.54. The molecular formula is C17H31IN4O. The van der Waals surface area contributed by atoms with Gasteiger partial charge in [-0.1, -0.05) is 26.0 Å². The van der Waals surface area contributed by atoms with E-state index in [0.29, 0.717) is 6.54 Å². The summed E-state index contributed by atoms with van der Waals surface area (Å²) >= 11 is 0. The summed E-state index contributed by atoms with van der Waals surface area (Å²) in [5.41, 5.74) is 1.17. The maximum atomic E-state index is 5.16. The molecule has 0 aromatic heterocycles. The molecule has 0 saturated heterocycles. The molecule has 0 unspecified atom stereocenters. The Morgan fingerprint density at radius 3 is 2.26 bits per heavy atom. The van der Waals surface area contributed by atoms with Crippen LogP contribution in [0.1, 0.15) is 26.3 Å². The molecule has 23 heavy (non-hydrogen) atoms. The molecule has 1 rings (SSSR count). The number of benzene rings is 1. The van der Waals surface area contributed by atoms with Gasteiger partial charge in [0, 0.05) is 19.6 Å². The second-order valence-corrected chi connectivity index (χ2v) is 5.00. The molecule has 1 aromatic rings. The Balaban J connectivity index is 0.00000484. The summed E-state index contributed by atoms with van der Waals surface area (Å²) < 4.78 is 5.16. The lowest BCUT2D eigenvalue weighted by atomic mass is 10.2. The molecule has 0 saturated carbocycles. The van der Waals surface area contributed by atoms with Crippen molar-refractivity contribution in [1.29, 1.82) is 0 Å². The van der Waals surface area contributed by atoms with E-state index in [4.69, 9.17) is 4.74 Å². The monoisotopic (exact) mass is 434 g/mol. The largest absolute Gasteiger partial charge is 0.497 e. The van der Waals surface area contributed by atoms with Crippen molar-refractivity contribution in [2.45, 2.75) is 27.3 Å². The van der Waals surface area contributed by atoms with E-state index in [-0.39, 0.29) is 24.0 Å². The predicted octanol–water partition coefficient (Wildman–Crippen LogP) is 2.71. The van der Waals surface area contributed by atoms with Gasteiger partial charge >= 0.3 is 0 Å². The number of methoxy groups -OCH3 is 1. The van der Waals surface area contributed by atoms with E-state index in [0.717, 1.165) is 44.4 Å². The molecule has 0 fully saturated rings. The normalized spacial score (nSPS) is 11.1. The number of rotatable bonds is 9. The van der Waals surface area contributed by atoms with E-state index >= 15 is 0 Å². The van der Waals surface area contributed by atoms with Gasteiger partial charge in [-0.3, -0.25) is 0 Å². The van der Waals surface area contributed by atoms with Crippen molar-refractivity contribution in [3.05, 3.63) is 29.8 Å². The van der Waals surface area contributed by atoms with E-state index < -0.39 is 0 Å². The molecule has 0 bridgehead atoms. The van der Waals surface area contributed by atoms with Crippen LogP contribution < -0.4 is 15.4 Å². The predicted molar refractivity (Wildman–Crippen MR) is 109 cm³/mol. The molecule has 0 heterocycles. The van der Waals surface area contributed by atoms with Crippen molar-refractivity contribution >= 4 is 29.9 Å². The molecule has 0 aliphatic heterocycles. The van der Waals surface area contributed by atoms with Crippen LogP contribution in [0.15, 0.2) is 29.3 Å². The molecule has 6 heteroatoms. The zero-order chi connectivity index (χ0) is 16.2. The average Bonchev–Trinajstić information content (AvgIpc) is 2.57. The number of likely N-dealkylation sites (N-methyl/N-ethyl adjacent to an activating group) is 1. The first-order valence-corrected chi connectivity index (χ1v) is 8.10. The SMILES string of the molecule is CCNC(=NCc1ccc(OC)cc1)NCCN(CC)CC.I. The fourth-order valence-electron chi connectivity index (χ4n) is 2.12. The molecule has 0 aliphatic carbocycles. The number of nitrogens with one attached hydrogen (secondary N) is 2. The lowest BCUT2D eigenvalue weighted by molar-refractivity contribution is 0.308. The summed E-state index contributed by atoms with van der Waals surface area (Å²) in [7, 11) is 1.68. The summed E-state index contributed by atoms with van der Waals surface area (Å²) in [4.78, 5) is 7.01. The highest BCUT2D eigenvalue weighted by atomic mass is 127. The molecule has 0 amide bonds. The minimum absolute atomic E-state index is 0. The van der Waals surface area contributed by atoms with E-state index in [1.165, 1.54) is 5.56 Å². The van der Waals surface area contributed by atoms with Crippen LogP contribution in [0.3, 0.4) is 0 Å². The van der Waals surface area contributed by atoms with Crippen LogP contribution in [-0.4, -0.2) is 50.7 Å². The maximum Gasteiger partial charge on any atom is 0.191 e. The fourth-order valence-corrected chi connectivity index (χ4v) is 2.12. The van der Waals surface area contributed by atoms with Crippen molar-refractivity contribution in [1.82, 2.24) is 15.5 Å². The highest BCUT2D eigenvalue weighted by molar-refractivity contribution is 14.0. The second kappa shape index (κ2) is 13.4. The van der Waals surface area contributed by atoms with Crippen molar-refractivity contribution in [3.8, 4) is 5.75 Å². The van der Waals surface area contributed by atoms with Crippen molar-refractivity contribution in [2.24, 2.45) is 4.99 Å². The highest BCUT2D eigenvalue weighted by Crippen LogP contribution is 2.11. The Hall–Kier alpha value is -1.02. The van der Waals surface area contributed by atoms with Crippen molar-refractivity contribution in [3.63, 3.8) is 0 Å². The van der Waals surface area contributed by atoms with Gasteiger partial charge in [-0.25, -0.2) is 4.99 Å². The number of ether oxygens (including phenoxy) is 1. The van der Waals surface area contributed by atoms with Crippen LogP contribution in [0.2, 0.25) is 0 Å². The lowest BCUT2D eigenvalue weighted by Gasteiger charge is -2.19. The van der Waals surface area contributed by atoms with Crippen LogP contribution in [0.25, 0.3) is 0 Å². The quantitative estimate of drug-likeness (QED) is 0.357. The number of hydrogen-bond acceptors (Lipinski definition) is 3. The van der Waals surface area contributed by atoms with Crippen LogP contribution >= 0.6 is 24.0 Å². The Labute approximate surface area is 157 Å². The van der Waals surface area contributed by atoms with Gasteiger partial charge in [-0.05, 0) is 37.7 Å². The number of aliphatic imine (C=N–C) groups is 1. The van der Waals surface area contributed by atoms with Gasteiger partial charge in [-0.2, -0.15) is 0 Å². The standard InChI is InChI=1S/C17H30N4O.HI/c1-5-18-17(19-12-13-21(6-2)7-3)20-14-15-8-10-16(22-4)11-9-15;/h8-11H,5-7,12-14H2,1-4H3,(H2,18,19,20);1H. The number of halogens is 1. The first-order valence-electron chi connectivity index (χ1n) is 8.10. The molecule has 5 nitrogen and oxygen atoms in total. The molecule has 2 N–H and O–H groups in total. The van der Waals surface area contributed by atoms with Gasteiger partial charge in [0.1, 0.15) is 5.75 Å². The van der Waals surface area contributed by atoms with Crippen LogP contribution in [0.4, 0.5) is 0 Å². The van der Waals surface area contributed by atoms with E-state index in [1.54, 1.807) is 7.11 Å². The third-order valence-electron chi connectivity index (χ3n) is 3.54. The summed E-state index contributed by atoms with van der Waals surface area (Å²) in [6.07, 6.45) is 0. The van der Waals surface area contributed by atoms with Gasteiger partial charge in [0.25, 0.3) is 0 Å². The van der Waals surface area contributed by atoms with Crippen LogP contribution in [-0.2, 0) is 6.54 Å². The van der Waals surface area contributed by atoms with Gasteiger partial charge < -0.3 is 20.3 Å². The molecule has 0 radical (unpaired) electrons. The second-order valence-electron chi connectivity index (χ2n) is 5.00. The maximum absolute atomic E-state index is 5.16. The van der Waals surface area contributed by atoms with Crippen LogP contribution in [0, 0.1) is 0 Å². The van der Waals surface area contributed by atoms with E-state index in [9.17, 15) is 0 Å². The molecule has 132 valence electrons. The van der Waals surface area contributed by atoms with Crippen LogP contribution in [0.5, 0.6) is 5.75 Å². The van der Waals surface area contributed by atoms with Gasteiger partial charge in [0.2, 0.25) is 0 Å². The summed E-state index contributed by atoms with van der Waals surface area (Å²) in [5, 5.41) is 6.67. The van der Waals surface area contributed by atoms with E-state index in [1.807, 2.05) is 24.3 Å². The lowest BCUT2D eigenvalue weighted by Crippen LogP contribution is -2.41. The Morgan fingerprint density at radius 1 is 1.09 bits per heavy atom. The summed E-state index contributed by atoms with van der Waals surface area (Å²) in [5.74, 6) is 1.74. The highest BCUT2D eigenvalue weighted by Gasteiger charge is 2.01. The first kappa shape index (κ1) is 22.0. The Kier molecular flexibility index (Phi) is 12.8. The fraction of sp³-hybridized carbons (Fsp3) is 0.588. The summed E-state index contributed by atoms with van der Waals surface area (Å²) in [6.45, 7) is 12.1. The molecule has 0 atom stereocenters.